The van der Waals surface area contributed by atoms with Crippen molar-refractivity contribution < 1.29 is 28.6 Å². The molecule has 1 atom stereocenters. The summed E-state index contributed by atoms with van der Waals surface area (Å²) < 4.78 is 17.0. The van der Waals surface area contributed by atoms with Crippen LogP contribution in [0.3, 0.4) is 0 Å². The van der Waals surface area contributed by atoms with Gasteiger partial charge in [0.2, 0.25) is 0 Å². The maximum Gasteiger partial charge on any atom is 0.306 e. The van der Waals surface area contributed by atoms with E-state index in [1.54, 1.807) is 0 Å². The summed E-state index contributed by atoms with van der Waals surface area (Å²) in [7, 11) is 0. The molecule has 6 heteroatoms. The number of carbonyl (C=O) groups is 3. The Morgan fingerprint density at radius 2 is 0.470 bits per heavy atom. The molecule has 0 radical (unpaired) electrons. The van der Waals surface area contributed by atoms with Gasteiger partial charge in [-0.3, -0.25) is 14.4 Å². The van der Waals surface area contributed by atoms with Gasteiger partial charge in [-0.05, 0) is 116 Å². The summed E-state index contributed by atoms with van der Waals surface area (Å²) in [6.07, 6.45) is 94.9. The fourth-order valence-corrected chi connectivity index (χ4v) is 10.5. The molecule has 0 bridgehead atoms. The van der Waals surface area contributed by atoms with Crippen molar-refractivity contribution >= 4 is 17.9 Å². The van der Waals surface area contributed by atoms with Gasteiger partial charge >= 0.3 is 17.9 Å². The van der Waals surface area contributed by atoms with Crippen LogP contribution < -0.4 is 0 Å². The van der Waals surface area contributed by atoms with Crippen molar-refractivity contribution in [1.82, 2.24) is 0 Å². The largest absolute Gasteiger partial charge is 0.462 e. The van der Waals surface area contributed by atoms with Crippen LogP contribution in [0.25, 0.3) is 0 Å². The molecule has 0 aliphatic heterocycles. The minimum atomic E-state index is -0.782. The minimum absolute atomic E-state index is 0.0775. The zero-order chi connectivity index (χ0) is 59.9. The molecule has 83 heavy (non-hydrogen) atoms. The number of esters is 3. The third kappa shape index (κ3) is 69.3. The Balaban J connectivity index is 4.11. The van der Waals surface area contributed by atoms with E-state index in [0.717, 1.165) is 103 Å². The maximum atomic E-state index is 12.9. The first-order valence-corrected chi connectivity index (χ1v) is 36.1. The molecule has 0 aliphatic rings. The molecule has 480 valence electrons. The zero-order valence-electron chi connectivity index (χ0n) is 55.2. The van der Waals surface area contributed by atoms with E-state index in [0.29, 0.717) is 19.3 Å². The van der Waals surface area contributed by atoms with E-state index in [4.69, 9.17) is 14.2 Å². The number of allylic oxidation sites excluding steroid dienone is 14. The molecule has 0 fully saturated rings. The van der Waals surface area contributed by atoms with Crippen molar-refractivity contribution in [3.63, 3.8) is 0 Å². The van der Waals surface area contributed by atoms with Crippen LogP contribution in [-0.2, 0) is 28.6 Å². The standard InChI is InChI=1S/C77H136O6/c1-4-7-10-13-16-19-22-25-27-29-30-31-32-33-34-35-36-37-38-39-40-41-42-43-44-45-46-48-49-52-55-58-61-64-67-70-76(79)82-73-74(72-81-75(78)69-66-63-60-57-54-51-24-21-18-15-12-9-6-3)83-77(80)71-68-65-62-59-56-53-50-47-28-26-23-20-17-14-11-8-5-2/h7,10,16-17,19-21,24-28,30-31,74H,4-6,8-9,11-15,18,22-23,29,32-73H2,1-3H3/b10-7-,19-16-,20-17-,24-21-,27-25-,28-26-,31-30-. The van der Waals surface area contributed by atoms with Gasteiger partial charge in [0.15, 0.2) is 6.10 Å². The number of carbonyl (C=O) groups excluding carboxylic acids is 3. The van der Waals surface area contributed by atoms with Gasteiger partial charge in [0, 0.05) is 19.3 Å². The van der Waals surface area contributed by atoms with Crippen LogP contribution in [0.4, 0.5) is 0 Å². The number of unbranched alkanes of at least 4 members (excludes halogenated alkanes) is 41. The molecule has 0 N–H and O–H groups in total. The van der Waals surface area contributed by atoms with Gasteiger partial charge in [-0.25, -0.2) is 0 Å². The number of rotatable bonds is 66. The van der Waals surface area contributed by atoms with Crippen molar-refractivity contribution in [2.75, 3.05) is 13.2 Å². The monoisotopic (exact) mass is 1160 g/mol. The molecule has 0 aliphatic carbocycles. The van der Waals surface area contributed by atoms with Crippen molar-refractivity contribution in [1.29, 1.82) is 0 Å². The van der Waals surface area contributed by atoms with Gasteiger partial charge < -0.3 is 14.2 Å². The third-order valence-corrected chi connectivity index (χ3v) is 15.9. The number of hydrogen-bond donors (Lipinski definition) is 0. The predicted octanol–water partition coefficient (Wildman–Crippen LogP) is 25.0. The molecular weight excluding hydrogens is 1020 g/mol. The Bertz CT molecular complexity index is 1570. The molecule has 0 rings (SSSR count). The Hall–Kier alpha value is -3.41. The normalized spacial score (nSPS) is 12.6. The van der Waals surface area contributed by atoms with Gasteiger partial charge in [-0.2, -0.15) is 0 Å². The lowest BCUT2D eigenvalue weighted by molar-refractivity contribution is -0.167. The highest BCUT2D eigenvalue weighted by molar-refractivity contribution is 5.71. The summed E-state index contributed by atoms with van der Waals surface area (Å²) in [6, 6.07) is 0. The second kappa shape index (κ2) is 71.1. The van der Waals surface area contributed by atoms with Gasteiger partial charge in [-0.15, -0.1) is 0 Å². The van der Waals surface area contributed by atoms with E-state index >= 15 is 0 Å². The molecule has 1 unspecified atom stereocenters. The summed E-state index contributed by atoms with van der Waals surface area (Å²) in [5.74, 6) is -0.875. The van der Waals surface area contributed by atoms with Crippen molar-refractivity contribution in [2.24, 2.45) is 0 Å². The van der Waals surface area contributed by atoms with E-state index in [2.05, 4.69) is 106 Å². The molecular formula is C77H136O6. The lowest BCUT2D eigenvalue weighted by Crippen LogP contribution is -2.30. The van der Waals surface area contributed by atoms with Crippen LogP contribution in [0.5, 0.6) is 0 Å². The fourth-order valence-electron chi connectivity index (χ4n) is 10.5. The van der Waals surface area contributed by atoms with E-state index in [1.165, 1.54) is 225 Å². The third-order valence-electron chi connectivity index (χ3n) is 15.9. The van der Waals surface area contributed by atoms with Crippen molar-refractivity contribution in [3.05, 3.63) is 85.1 Å². The quantitative estimate of drug-likeness (QED) is 0.0261. The molecule has 0 aromatic heterocycles. The molecule has 0 saturated heterocycles. The van der Waals surface area contributed by atoms with E-state index in [1.807, 2.05) is 0 Å². The summed E-state index contributed by atoms with van der Waals surface area (Å²) in [4.78, 5) is 38.4. The molecule has 0 aromatic rings. The summed E-state index contributed by atoms with van der Waals surface area (Å²) in [5.41, 5.74) is 0. The molecule has 0 saturated carbocycles. The molecule has 0 heterocycles. The fraction of sp³-hybridized carbons (Fsp3) is 0.779. The van der Waals surface area contributed by atoms with Crippen LogP contribution in [0, 0.1) is 0 Å². The molecule has 0 aromatic carbocycles. The molecule has 0 amide bonds. The lowest BCUT2D eigenvalue weighted by atomic mass is 10.0. The zero-order valence-corrected chi connectivity index (χ0v) is 55.2. The van der Waals surface area contributed by atoms with Crippen LogP contribution >= 0.6 is 0 Å². The van der Waals surface area contributed by atoms with Crippen LogP contribution in [0.15, 0.2) is 85.1 Å². The van der Waals surface area contributed by atoms with Gasteiger partial charge in [0.25, 0.3) is 0 Å². The van der Waals surface area contributed by atoms with Crippen LogP contribution in [0.2, 0.25) is 0 Å². The second-order valence-corrected chi connectivity index (χ2v) is 24.1. The van der Waals surface area contributed by atoms with Crippen LogP contribution in [0.1, 0.15) is 367 Å². The Morgan fingerprint density at radius 3 is 0.771 bits per heavy atom. The van der Waals surface area contributed by atoms with Crippen molar-refractivity contribution in [2.45, 2.75) is 374 Å². The summed E-state index contributed by atoms with van der Waals surface area (Å²) in [6.45, 7) is 6.52. The van der Waals surface area contributed by atoms with Gasteiger partial charge in [-0.1, -0.05) is 318 Å². The molecule has 0 spiro atoms. The van der Waals surface area contributed by atoms with Crippen molar-refractivity contribution in [3.8, 4) is 0 Å². The number of ether oxygens (including phenoxy) is 3. The molecule has 6 nitrogen and oxygen atoms in total. The lowest BCUT2D eigenvalue weighted by Gasteiger charge is -2.18. The first-order chi connectivity index (χ1) is 41.0. The highest BCUT2D eigenvalue weighted by atomic mass is 16.6. The minimum Gasteiger partial charge on any atom is -0.462 e. The van der Waals surface area contributed by atoms with Gasteiger partial charge in [0.05, 0.1) is 0 Å². The Labute approximate surface area is 515 Å². The van der Waals surface area contributed by atoms with E-state index < -0.39 is 6.10 Å². The Kier molecular flexibility index (Phi) is 68.2. The van der Waals surface area contributed by atoms with E-state index in [-0.39, 0.29) is 31.1 Å². The van der Waals surface area contributed by atoms with Gasteiger partial charge in [0.1, 0.15) is 13.2 Å². The predicted molar refractivity (Wildman–Crippen MR) is 362 cm³/mol. The summed E-state index contributed by atoms with van der Waals surface area (Å²) >= 11 is 0. The highest BCUT2D eigenvalue weighted by Gasteiger charge is 2.19. The average molecular weight is 1160 g/mol. The summed E-state index contributed by atoms with van der Waals surface area (Å²) in [5, 5.41) is 0. The maximum absolute atomic E-state index is 12.9. The second-order valence-electron chi connectivity index (χ2n) is 24.1. The first kappa shape index (κ1) is 79.6. The highest BCUT2D eigenvalue weighted by Crippen LogP contribution is 2.18. The topological polar surface area (TPSA) is 78.9 Å². The Morgan fingerprint density at radius 1 is 0.253 bits per heavy atom. The first-order valence-electron chi connectivity index (χ1n) is 36.1. The average Bonchev–Trinajstić information content (AvgIpc) is 3.49. The van der Waals surface area contributed by atoms with Crippen LogP contribution in [-0.4, -0.2) is 37.2 Å². The van der Waals surface area contributed by atoms with E-state index in [9.17, 15) is 14.4 Å². The number of hydrogen-bond acceptors (Lipinski definition) is 6. The SMILES string of the molecule is CC/C=C\C/C=C\C/C=C\C/C=C\CCCCCCCCCCCCCCCCCCCCCCCCC(=O)OCC(COC(=O)CCCCCCC/C=C\CCCCCC)OC(=O)CCCCCCCCC/C=C\C/C=C\CCCCC. The smallest absolute Gasteiger partial charge is 0.306 e.